The van der Waals surface area contributed by atoms with Crippen molar-refractivity contribution in [3.05, 3.63) is 17.3 Å². The van der Waals surface area contributed by atoms with Crippen LogP contribution in [0.5, 0.6) is 5.88 Å². The van der Waals surface area contributed by atoms with Gasteiger partial charge < -0.3 is 15.4 Å². The predicted octanol–water partition coefficient (Wildman–Crippen LogP) is 1.65. The Labute approximate surface area is 128 Å². The lowest BCUT2D eigenvalue weighted by atomic mass is 10.0. The van der Waals surface area contributed by atoms with Gasteiger partial charge in [-0.1, -0.05) is 13.8 Å². The number of nitrogens with one attached hydrogen (secondary N) is 2. The van der Waals surface area contributed by atoms with E-state index in [2.05, 4.69) is 29.5 Å². The molecule has 0 aliphatic rings. The molecule has 2 aromatic rings. The average molecular weight is 310 g/mol. The number of likely N-dealkylation sites (N-methyl/N-ethyl adjacent to an activating group) is 1. The third-order valence-corrected chi connectivity index (χ3v) is 4.06. The minimum absolute atomic E-state index is 0.00810. The fourth-order valence-corrected chi connectivity index (χ4v) is 3.01. The number of ether oxygens (including phenoxy) is 1. The van der Waals surface area contributed by atoms with E-state index in [4.69, 9.17) is 4.74 Å². The molecule has 6 nitrogen and oxygen atoms in total. The predicted molar refractivity (Wildman–Crippen MR) is 83.8 cm³/mol. The molecule has 0 saturated heterocycles. The Morgan fingerprint density at radius 3 is 2.90 bits per heavy atom. The summed E-state index contributed by atoms with van der Waals surface area (Å²) >= 11 is 1.56. The second kappa shape index (κ2) is 6.91. The molecule has 0 radical (unpaired) electrons. The van der Waals surface area contributed by atoms with Gasteiger partial charge in [-0.05, 0) is 12.3 Å². The molecule has 0 aliphatic heterocycles. The second-order valence-corrected chi connectivity index (χ2v) is 6.17. The van der Waals surface area contributed by atoms with Crippen molar-refractivity contribution in [1.82, 2.24) is 20.0 Å². The van der Waals surface area contributed by atoms with Gasteiger partial charge in [0.05, 0.1) is 13.2 Å². The third kappa shape index (κ3) is 3.54. The molecule has 2 heterocycles. The molecule has 21 heavy (non-hydrogen) atoms. The fraction of sp³-hybridized carbons (Fsp3) is 0.571. The first-order chi connectivity index (χ1) is 10.1. The molecule has 1 amide bonds. The van der Waals surface area contributed by atoms with Crippen LogP contribution < -0.4 is 15.4 Å². The van der Waals surface area contributed by atoms with Gasteiger partial charge in [0.2, 0.25) is 11.8 Å². The Hall–Kier alpha value is -1.60. The normalized spacial score (nSPS) is 12.8. The van der Waals surface area contributed by atoms with Gasteiger partial charge in [0.1, 0.15) is 5.69 Å². The van der Waals surface area contributed by atoms with Crippen LogP contribution in [0, 0.1) is 5.92 Å². The number of imidazole rings is 1. The number of aromatic nitrogens is 2. The van der Waals surface area contributed by atoms with Crippen molar-refractivity contribution in [3.8, 4) is 5.88 Å². The zero-order chi connectivity index (χ0) is 15.4. The van der Waals surface area contributed by atoms with Crippen LogP contribution in [0.25, 0.3) is 4.96 Å². The van der Waals surface area contributed by atoms with Crippen molar-refractivity contribution in [2.24, 2.45) is 5.92 Å². The monoisotopic (exact) mass is 310 g/mol. The minimum atomic E-state index is -0.219. The fourth-order valence-electron chi connectivity index (χ4n) is 2.29. The summed E-state index contributed by atoms with van der Waals surface area (Å²) in [6.45, 7) is 4.74. The van der Waals surface area contributed by atoms with Crippen molar-refractivity contribution in [2.45, 2.75) is 32.9 Å². The Bertz CT molecular complexity index is 605. The molecular formula is C14H22N4O2S. The molecule has 0 spiro atoms. The Balaban J connectivity index is 2.14. The summed E-state index contributed by atoms with van der Waals surface area (Å²) in [5, 5.41) is 8.00. The molecule has 0 aliphatic carbocycles. The van der Waals surface area contributed by atoms with E-state index in [1.807, 2.05) is 16.0 Å². The highest BCUT2D eigenvalue weighted by Gasteiger charge is 2.20. The van der Waals surface area contributed by atoms with E-state index in [9.17, 15) is 4.79 Å². The maximum atomic E-state index is 11.9. The van der Waals surface area contributed by atoms with Gasteiger partial charge >= 0.3 is 0 Å². The first-order valence-corrected chi connectivity index (χ1v) is 7.88. The summed E-state index contributed by atoms with van der Waals surface area (Å²) in [6, 6.07) is -0.219. The van der Waals surface area contributed by atoms with Gasteiger partial charge in [0.15, 0.2) is 4.96 Å². The number of hydrogen-bond acceptors (Lipinski definition) is 5. The smallest absolute Gasteiger partial charge is 0.237 e. The zero-order valence-electron chi connectivity index (χ0n) is 12.8. The zero-order valence-corrected chi connectivity index (χ0v) is 13.7. The van der Waals surface area contributed by atoms with Crippen molar-refractivity contribution in [3.63, 3.8) is 0 Å². The van der Waals surface area contributed by atoms with Gasteiger partial charge in [0, 0.05) is 25.2 Å². The van der Waals surface area contributed by atoms with E-state index in [0.29, 0.717) is 18.3 Å². The first-order valence-electron chi connectivity index (χ1n) is 7.00. The average Bonchev–Trinajstić information content (AvgIpc) is 3.02. The van der Waals surface area contributed by atoms with E-state index >= 15 is 0 Å². The summed E-state index contributed by atoms with van der Waals surface area (Å²) in [4.78, 5) is 17.3. The number of hydrogen-bond donors (Lipinski definition) is 2. The number of thiazole rings is 1. The van der Waals surface area contributed by atoms with Crippen LogP contribution in [0.4, 0.5) is 0 Å². The van der Waals surface area contributed by atoms with Crippen molar-refractivity contribution < 1.29 is 9.53 Å². The number of fused-ring (bicyclic) bond motifs is 1. The Kier molecular flexibility index (Phi) is 5.19. The highest BCUT2D eigenvalue weighted by atomic mass is 32.1. The largest absolute Gasteiger partial charge is 0.480 e. The lowest BCUT2D eigenvalue weighted by molar-refractivity contribution is -0.123. The van der Waals surface area contributed by atoms with E-state index in [1.54, 1.807) is 25.5 Å². The summed E-state index contributed by atoms with van der Waals surface area (Å²) in [6.07, 6.45) is 2.75. The van der Waals surface area contributed by atoms with E-state index in [-0.39, 0.29) is 11.9 Å². The molecular weight excluding hydrogens is 288 g/mol. The molecule has 2 aromatic heterocycles. The Morgan fingerprint density at radius 1 is 1.52 bits per heavy atom. The molecule has 0 bridgehead atoms. The van der Waals surface area contributed by atoms with Crippen molar-refractivity contribution >= 4 is 22.2 Å². The Morgan fingerprint density at radius 2 is 2.29 bits per heavy atom. The SMILES string of the molecule is CNC(=O)C(CC(C)C)NCc1c(OC)nc2sccn12. The van der Waals surface area contributed by atoms with Crippen molar-refractivity contribution in [1.29, 1.82) is 0 Å². The van der Waals surface area contributed by atoms with Crippen LogP contribution in [-0.2, 0) is 11.3 Å². The second-order valence-electron chi connectivity index (χ2n) is 5.30. The number of carbonyl (C=O) groups is 1. The van der Waals surface area contributed by atoms with Gasteiger partial charge in [-0.2, -0.15) is 4.98 Å². The van der Waals surface area contributed by atoms with Gasteiger partial charge in [-0.3, -0.25) is 9.20 Å². The third-order valence-electron chi connectivity index (χ3n) is 3.30. The minimum Gasteiger partial charge on any atom is -0.480 e. The maximum Gasteiger partial charge on any atom is 0.237 e. The molecule has 2 N–H and O–H groups in total. The number of carbonyl (C=O) groups excluding carboxylic acids is 1. The number of amides is 1. The molecule has 7 heteroatoms. The van der Waals surface area contributed by atoms with Crippen LogP contribution in [-0.4, -0.2) is 35.5 Å². The summed E-state index contributed by atoms with van der Waals surface area (Å²) < 4.78 is 7.32. The van der Waals surface area contributed by atoms with Gasteiger partial charge in [-0.25, -0.2) is 0 Å². The van der Waals surface area contributed by atoms with E-state index in [1.165, 1.54) is 0 Å². The highest BCUT2D eigenvalue weighted by Crippen LogP contribution is 2.23. The maximum absolute atomic E-state index is 11.9. The number of methoxy groups -OCH3 is 1. The van der Waals surface area contributed by atoms with Crippen molar-refractivity contribution in [2.75, 3.05) is 14.2 Å². The van der Waals surface area contributed by atoms with Crippen LogP contribution in [0.2, 0.25) is 0 Å². The molecule has 0 saturated carbocycles. The summed E-state index contributed by atoms with van der Waals surface area (Å²) in [5.41, 5.74) is 0.936. The lowest BCUT2D eigenvalue weighted by Crippen LogP contribution is -2.43. The van der Waals surface area contributed by atoms with E-state index < -0.39 is 0 Å². The van der Waals surface area contributed by atoms with Gasteiger partial charge in [0.25, 0.3) is 0 Å². The van der Waals surface area contributed by atoms with Crippen LogP contribution in [0.1, 0.15) is 26.0 Å². The van der Waals surface area contributed by atoms with Crippen LogP contribution >= 0.6 is 11.3 Å². The highest BCUT2D eigenvalue weighted by molar-refractivity contribution is 7.15. The first kappa shape index (κ1) is 15.8. The summed E-state index contributed by atoms with van der Waals surface area (Å²) in [5.74, 6) is 1.05. The number of rotatable bonds is 7. The molecule has 0 aromatic carbocycles. The quantitative estimate of drug-likeness (QED) is 0.816. The van der Waals surface area contributed by atoms with Crippen LogP contribution in [0.3, 0.4) is 0 Å². The van der Waals surface area contributed by atoms with Gasteiger partial charge in [-0.15, -0.1) is 11.3 Å². The lowest BCUT2D eigenvalue weighted by Gasteiger charge is -2.19. The molecule has 1 unspecified atom stereocenters. The standard InChI is InChI=1S/C14H22N4O2S/c1-9(2)7-10(12(19)15-3)16-8-11-13(20-4)17-14-18(11)5-6-21-14/h5-6,9-10,16H,7-8H2,1-4H3,(H,15,19). The summed E-state index contributed by atoms with van der Waals surface area (Å²) in [7, 11) is 3.27. The van der Waals surface area contributed by atoms with Crippen LogP contribution in [0.15, 0.2) is 11.6 Å². The molecule has 116 valence electrons. The molecule has 0 fully saturated rings. The topological polar surface area (TPSA) is 67.7 Å². The number of nitrogens with zero attached hydrogens (tertiary/aromatic N) is 2. The van der Waals surface area contributed by atoms with E-state index in [0.717, 1.165) is 17.1 Å². The molecule has 1 atom stereocenters. The molecule has 2 rings (SSSR count).